The summed E-state index contributed by atoms with van der Waals surface area (Å²) in [5.41, 5.74) is 2.25. The van der Waals surface area contributed by atoms with E-state index in [1.165, 1.54) is 28.0 Å². The fourth-order valence-corrected chi connectivity index (χ4v) is 6.38. The molecule has 8 nitrogen and oxygen atoms in total. The highest BCUT2D eigenvalue weighted by molar-refractivity contribution is 9.10. The Hall–Kier alpha value is -2.68. The van der Waals surface area contributed by atoms with E-state index in [1.807, 2.05) is 23.6 Å². The van der Waals surface area contributed by atoms with Crippen LogP contribution in [-0.4, -0.2) is 32.3 Å². The zero-order valence-electron chi connectivity index (χ0n) is 18.6. The summed E-state index contributed by atoms with van der Waals surface area (Å²) in [4.78, 5) is 26.3. The van der Waals surface area contributed by atoms with Gasteiger partial charge in [-0.05, 0) is 66.2 Å². The molecule has 0 saturated heterocycles. The minimum atomic E-state index is -0.210. The van der Waals surface area contributed by atoms with Gasteiger partial charge in [-0.2, -0.15) is 5.26 Å². The number of amides is 2. The highest BCUT2D eigenvalue weighted by atomic mass is 79.9. The molecule has 0 saturated carbocycles. The summed E-state index contributed by atoms with van der Waals surface area (Å²) in [5, 5.41) is 25.0. The number of carbonyl (C=O) groups excluding carboxylic acids is 2. The second-order valence-corrected chi connectivity index (χ2v) is 10.6. The van der Waals surface area contributed by atoms with Crippen LogP contribution in [0.1, 0.15) is 52.0 Å². The number of nitriles is 1. The maximum atomic E-state index is 12.6. The first-order chi connectivity index (χ1) is 16.5. The lowest BCUT2D eigenvalue weighted by atomic mass is 9.96. The molecule has 0 radical (unpaired) electrons. The number of nitrogens with one attached hydrogen (secondary N) is 2. The molecule has 2 N–H and O–H groups in total. The van der Waals surface area contributed by atoms with Crippen molar-refractivity contribution >= 4 is 55.8 Å². The van der Waals surface area contributed by atoms with Crippen LogP contribution in [0.2, 0.25) is 0 Å². The van der Waals surface area contributed by atoms with Gasteiger partial charge in [-0.25, -0.2) is 0 Å². The summed E-state index contributed by atoms with van der Waals surface area (Å²) in [7, 11) is 0. The van der Waals surface area contributed by atoms with Crippen molar-refractivity contribution in [1.82, 2.24) is 20.1 Å². The SMILES string of the molecule is CCn1c(CNC(=O)c2ccccc2Br)nnc1SCC(=O)Nc1sc2c(c1C#N)CCCC2. The second-order valence-electron chi connectivity index (χ2n) is 7.67. The average molecular weight is 560 g/mol. The van der Waals surface area contributed by atoms with Gasteiger partial charge in [-0.15, -0.1) is 21.5 Å². The summed E-state index contributed by atoms with van der Waals surface area (Å²) in [6.07, 6.45) is 4.08. The first-order valence-corrected chi connectivity index (χ1v) is 13.5. The quantitative estimate of drug-likeness (QED) is 0.392. The van der Waals surface area contributed by atoms with Crippen LogP contribution in [0.15, 0.2) is 33.9 Å². The lowest BCUT2D eigenvalue weighted by Crippen LogP contribution is -2.25. The highest BCUT2D eigenvalue weighted by Gasteiger charge is 2.22. The minimum Gasteiger partial charge on any atom is -0.345 e. The van der Waals surface area contributed by atoms with E-state index in [4.69, 9.17) is 0 Å². The average Bonchev–Trinajstić information content (AvgIpc) is 3.41. The molecule has 34 heavy (non-hydrogen) atoms. The number of hydrogen-bond donors (Lipinski definition) is 2. The van der Waals surface area contributed by atoms with Crippen LogP contribution in [0.4, 0.5) is 5.00 Å². The van der Waals surface area contributed by atoms with E-state index in [-0.39, 0.29) is 24.1 Å². The van der Waals surface area contributed by atoms with Crippen molar-refractivity contribution in [3.05, 3.63) is 56.1 Å². The molecule has 2 amide bonds. The Labute approximate surface area is 214 Å². The van der Waals surface area contributed by atoms with E-state index >= 15 is 0 Å². The minimum absolute atomic E-state index is 0.148. The van der Waals surface area contributed by atoms with Crippen LogP contribution in [0, 0.1) is 11.3 Å². The van der Waals surface area contributed by atoms with Gasteiger partial charge in [-0.3, -0.25) is 9.59 Å². The Balaban J connectivity index is 1.36. The smallest absolute Gasteiger partial charge is 0.252 e. The molecule has 176 valence electrons. The topological polar surface area (TPSA) is 113 Å². The number of thiophene rings is 1. The number of halogens is 1. The molecule has 11 heteroatoms. The normalized spacial score (nSPS) is 12.6. The van der Waals surface area contributed by atoms with Crippen LogP contribution in [0.3, 0.4) is 0 Å². The molecule has 1 aliphatic rings. The fourth-order valence-electron chi connectivity index (χ4n) is 3.84. The third-order valence-electron chi connectivity index (χ3n) is 5.50. The molecule has 1 aliphatic carbocycles. The first kappa shape index (κ1) is 24.4. The van der Waals surface area contributed by atoms with E-state index in [1.54, 1.807) is 12.1 Å². The van der Waals surface area contributed by atoms with Crippen molar-refractivity contribution in [3.63, 3.8) is 0 Å². The molecule has 0 atom stereocenters. The molecule has 0 aliphatic heterocycles. The third kappa shape index (κ3) is 5.35. The van der Waals surface area contributed by atoms with Gasteiger partial charge < -0.3 is 15.2 Å². The summed E-state index contributed by atoms with van der Waals surface area (Å²) in [5.74, 6) is 0.367. The Kier molecular flexibility index (Phi) is 8.03. The van der Waals surface area contributed by atoms with Crippen LogP contribution in [0.5, 0.6) is 0 Å². The van der Waals surface area contributed by atoms with Gasteiger partial charge in [0.1, 0.15) is 11.1 Å². The summed E-state index contributed by atoms with van der Waals surface area (Å²) in [6.45, 7) is 2.79. The van der Waals surface area contributed by atoms with Gasteiger partial charge in [0.15, 0.2) is 11.0 Å². The Morgan fingerprint density at radius 2 is 2.06 bits per heavy atom. The number of nitrogens with zero attached hydrogens (tertiary/aromatic N) is 4. The van der Waals surface area contributed by atoms with Gasteiger partial charge in [0.05, 0.1) is 23.4 Å². The number of carbonyl (C=O) groups is 2. The molecule has 1 aromatic carbocycles. The highest BCUT2D eigenvalue weighted by Crippen LogP contribution is 2.37. The predicted octanol–water partition coefficient (Wildman–Crippen LogP) is 4.53. The van der Waals surface area contributed by atoms with Crippen LogP contribution < -0.4 is 10.6 Å². The number of anilines is 1. The number of rotatable bonds is 8. The Morgan fingerprint density at radius 1 is 1.26 bits per heavy atom. The lowest BCUT2D eigenvalue weighted by Gasteiger charge is -2.09. The Bertz CT molecular complexity index is 1260. The molecule has 4 rings (SSSR count). The van der Waals surface area contributed by atoms with Crippen LogP contribution >= 0.6 is 39.0 Å². The second kappa shape index (κ2) is 11.2. The molecule has 0 spiro atoms. The van der Waals surface area contributed by atoms with E-state index in [9.17, 15) is 14.9 Å². The molecule has 2 heterocycles. The molecular weight excluding hydrogens is 536 g/mol. The molecule has 0 bridgehead atoms. The number of thioether (sulfide) groups is 1. The van der Waals surface area contributed by atoms with Gasteiger partial charge >= 0.3 is 0 Å². The molecule has 0 fully saturated rings. The summed E-state index contributed by atoms with van der Waals surface area (Å²) >= 11 is 6.18. The van der Waals surface area contributed by atoms with Gasteiger partial charge in [0, 0.05) is 15.9 Å². The van der Waals surface area contributed by atoms with E-state index in [0.717, 1.165) is 35.7 Å². The monoisotopic (exact) mass is 558 g/mol. The van der Waals surface area contributed by atoms with Crippen molar-refractivity contribution < 1.29 is 9.59 Å². The number of aromatic nitrogens is 3. The first-order valence-electron chi connectivity index (χ1n) is 10.9. The van der Waals surface area contributed by atoms with Crippen molar-refractivity contribution in [3.8, 4) is 6.07 Å². The molecule has 2 aromatic heterocycles. The van der Waals surface area contributed by atoms with E-state index < -0.39 is 0 Å². The van der Waals surface area contributed by atoms with Gasteiger partial charge in [0.2, 0.25) is 5.91 Å². The van der Waals surface area contributed by atoms with Gasteiger partial charge in [-0.1, -0.05) is 23.9 Å². The zero-order valence-corrected chi connectivity index (χ0v) is 21.8. The predicted molar refractivity (Wildman–Crippen MR) is 136 cm³/mol. The largest absolute Gasteiger partial charge is 0.345 e. The van der Waals surface area contributed by atoms with Gasteiger partial charge in [0.25, 0.3) is 5.91 Å². The van der Waals surface area contributed by atoms with E-state index in [0.29, 0.717) is 33.7 Å². The Morgan fingerprint density at radius 3 is 2.82 bits per heavy atom. The van der Waals surface area contributed by atoms with Crippen LogP contribution in [-0.2, 0) is 30.7 Å². The van der Waals surface area contributed by atoms with E-state index in [2.05, 4.69) is 42.8 Å². The van der Waals surface area contributed by atoms with Crippen molar-refractivity contribution in [2.24, 2.45) is 0 Å². The maximum absolute atomic E-state index is 12.6. The number of fused-ring (bicyclic) bond motifs is 1. The van der Waals surface area contributed by atoms with Crippen molar-refractivity contribution in [2.75, 3.05) is 11.1 Å². The summed E-state index contributed by atoms with van der Waals surface area (Å²) in [6, 6.07) is 9.48. The summed E-state index contributed by atoms with van der Waals surface area (Å²) < 4.78 is 2.60. The van der Waals surface area contributed by atoms with Crippen molar-refractivity contribution in [2.45, 2.75) is 50.9 Å². The van der Waals surface area contributed by atoms with Crippen molar-refractivity contribution in [1.29, 1.82) is 5.26 Å². The molecule has 3 aromatic rings. The third-order valence-corrected chi connectivity index (χ3v) is 8.37. The molecular formula is C23H23BrN6O2S2. The maximum Gasteiger partial charge on any atom is 0.252 e. The fraction of sp³-hybridized carbons (Fsp3) is 0.348. The number of benzene rings is 1. The molecule has 0 unspecified atom stereocenters. The number of hydrogen-bond acceptors (Lipinski definition) is 7. The number of aryl methyl sites for hydroxylation is 1. The lowest BCUT2D eigenvalue weighted by molar-refractivity contribution is -0.113. The zero-order chi connectivity index (χ0) is 24.1. The standard InChI is InChI=1S/C23H23BrN6O2S2/c1-2-30-19(12-26-21(32)15-8-3-5-9-17(15)24)28-29-23(30)33-13-20(31)27-22-16(11-25)14-7-4-6-10-18(14)34-22/h3,5,8-9H,2,4,6-7,10,12-13H2,1H3,(H,26,32)(H,27,31). The van der Waals surface area contributed by atoms with Crippen LogP contribution in [0.25, 0.3) is 0 Å².